The highest BCUT2D eigenvalue weighted by molar-refractivity contribution is 7.86. The van der Waals surface area contributed by atoms with Crippen molar-refractivity contribution in [3.63, 3.8) is 0 Å². The Bertz CT molecular complexity index is 397. The highest BCUT2D eigenvalue weighted by Gasteiger charge is 2.58. The Labute approximate surface area is 108 Å². The van der Waals surface area contributed by atoms with E-state index in [0.29, 0.717) is 11.8 Å². The lowest BCUT2D eigenvalue weighted by Crippen LogP contribution is -2.46. The number of halogens is 5. The second kappa shape index (κ2) is 5.34. The second-order valence-electron chi connectivity index (χ2n) is 3.59. The summed E-state index contributed by atoms with van der Waals surface area (Å²) >= 11 is 10.3. The minimum absolute atomic E-state index is 0.383. The highest BCUT2D eigenvalue weighted by atomic mass is 35.5. The molecule has 0 spiro atoms. The number of alkyl halides is 5. The van der Waals surface area contributed by atoms with Crippen LogP contribution in [-0.4, -0.2) is 31.3 Å². The van der Waals surface area contributed by atoms with Crippen LogP contribution in [0.2, 0.25) is 0 Å². The summed E-state index contributed by atoms with van der Waals surface area (Å²) in [7, 11) is -4.13. The van der Waals surface area contributed by atoms with Gasteiger partial charge in [-0.15, -0.1) is 0 Å². The Morgan fingerprint density at radius 1 is 1.29 bits per heavy atom. The molecule has 0 aliphatic rings. The minimum Gasteiger partial charge on any atom is -0.259 e. The van der Waals surface area contributed by atoms with Crippen molar-refractivity contribution in [2.24, 2.45) is 0 Å². The van der Waals surface area contributed by atoms with Crippen LogP contribution < -0.4 is 0 Å². The SMILES string of the molecule is CC(C)=CC(OS(C)(=O)=O)C(Cl)(Cl)C(F)(F)F. The van der Waals surface area contributed by atoms with Crippen molar-refractivity contribution >= 4 is 33.3 Å². The molecule has 0 aromatic carbocycles. The summed E-state index contributed by atoms with van der Waals surface area (Å²) in [5.74, 6) is 0. The van der Waals surface area contributed by atoms with Crippen LogP contribution in [0, 0.1) is 0 Å². The molecule has 0 rings (SSSR count). The average Bonchev–Trinajstić information content (AvgIpc) is 1.96. The van der Waals surface area contributed by atoms with Gasteiger partial charge in [-0.1, -0.05) is 34.9 Å². The molecular formula is C8H11Cl2F3O3S. The number of allylic oxidation sites excluding steroid dienone is 1. The van der Waals surface area contributed by atoms with Crippen molar-refractivity contribution < 1.29 is 25.8 Å². The van der Waals surface area contributed by atoms with Crippen LogP contribution in [0.3, 0.4) is 0 Å². The van der Waals surface area contributed by atoms with Crippen molar-refractivity contribution in [1.82, 2.24) is 0 Å². The molecule has 3 nitrogen and oxygen atoms in total. The van der Waals surface area contributed by atoms with Gasteiger partial charge in [-0.05, 0) is 13.8 Å². The van der Waals surface area contributed by atoms with Gasteiger partial charge < -0.3 is 0 Å². The second-order valence-corrected chi connectivity index (χ2v) is 6.57. The van der Waals surface area contributed by atoms with Gasteiger partial charge in [0.25, 0.3) is 10.1 Å². The Balaban J connectivity index is 5.42. The smallest absolute Gasteiger partial charge is 0.259 e. The zero-order chi connectivity index (χ0) is 14.1. The third kappa shape index (κ3) is 5.46. The third-order valence-electron chi connectivity index (χ3n) is 1.50. The molecule has 0 aromatic heterocycles. The molecule has 0 aromatic rings. The monoisotopic (exact) mass is 314 g/mol. The molecule has 0 saturated carbocycles. The summed E-state index contributed by atoms with van der Waals surface area (Å²) in [5.41, 5.74) is 0.383. The summed E-state index contributed by atoms with van der Waals surface area (Å²) in [6.45, 7) is 2.91. The first kappa shape index (κ1) is 17.0. The molecule has 0 radical (unpaired) electrons. The molecule has 17 heavy (non-hydrogen) atoms. The van der Waals surface area contributed by atoms with Gasteiger partial charge in [0.05, 0.1) is 6.26 Å². The van der Waals surface area contributed by atoms with E-state index >= 15 is 0 Å². The van der Waals surface area contributed by atoms with Crippen molar-refractivity contribution in [2.75, 3.05) is 6.26 Å². The molecule has 102 valence electrons. The zero-order valence-corrected chi connectivity index (χ0v) is 11.5. The number of hydrogen-bond acceptors (Lipinski definition) is 3. The van der Waals surface area contributed by atoms with E-state index in [4.69, 9.17) is 23.2 Å². The van der Waals surface area contributed by atoms with E-state index in [2.05, 4.69) is 4.18 Å². The number of hydrogen-bond donors (Lipinski definition) is 0. The standard InChI is InChI=1S/C8H11Cl2F3O3S/c1-5(2)4-6(16-17(3,14)15)7(9,10)8(11,12)13/h4,6H,1-3H3. The first-order valence-electron chi connectivity index (χ1n) is 4.25. The van der Waals surface area contributed by atoms with E-state index in [1.54, 1.807) is 0 Å². The van der Waals surface area contributed by atoms with E-state index in [-0.39, 0.29) is 0 Å². The summed E-state index contributed by atoms with van der Waals surface area (Å²) in [4.78, 5) is 0. The summed E-state index contributed by atoms with van der Waals surface area (Å²) in [5, 5.41) is 0. The molecule has 0 heterocycles. The van der Waals surface area contributed by atoms with Crippen LogP contribution in [0.4, 0.5) is 13.2 Å². The summed E-state index contributed by atoms with van der Waals surface area (Å²) in [6.07, 6.45) is -5.56. The lowest BCUT2D eigenvalue weighted by Gasteiger charge is -2.28. The molecular weight excluding hydrogens is 304 g/mol. The number of rotatable bonds is 4. The van der Waals surface area contributed by atoms with Gasteiger partial charge in [-0.2, -0.15) is 21.6 Å². The van der Waals surface area contributed by atoms with Crippen LogP contribution in [-0.2, 0) is 14.3 Å². The van der Waals surface area contributed by atoms with Gasteiger partial charge in [0, 0.05) is 0 Å². The molecule has 0 bridgehead atoms. The van der Waals surface area contributed by atoms with Gasteiger partial charge in [0.15, 0.2) is 0 Å². The third-order valence-corrected chi connectivity index (χ3v) is 2.91. The predicted octanol–water partition coefficient (Wildman–Crippen LogP) is 3.03. The van der Waals surface area contributed by atoms with E-state index in [0.717, 1.165) is 6.08 Å². The van der Waals surface area contributed by atoms with Gasteiger partial charge in [-0.3, -0.25) is 4.18 Å². The largest absolute Gasteiger partial charge is 0.424 e. The van der Waals surface area contributed by atoms with Crippen LogP contribution in [0.1, 0.15) is 13.8 Å². The van der Waals surface area contributed by atoms with Crippen LogP contribution in [0.25, 0.3) is 0 Å². The first-order chi connectivity index (χ1) is 7.27. The molecule has 1 atom stereocenters. The summed E-state index contributed by atoms with van der Waals surface area (Å²) in [6, 6.07) is 0. The fraction of sp³-hybridized carbons (Fsp3) is 0.750. The molecule has 0 amide bonds. The maximum Gasteiger partial charge on any atom is 0.424 e. The Morgan fingerprint density at radius 3 is 1.94 bits per heavy atom. The lowest BCUT2D eigenvalue weighted by atomic mass is 10.1. The molecule has 0 fully saturated rings. The topological polar surface area (TPSA) is 43.4 Å². The summed E-state index contributed by atoms with van der Waals surface area (Å²) < 4.78 is 60.3. The molecule has 0 aliphatic carbocycles. The van der Waals surface area contributed by atoms with Crippen LogP contribution in [0.5, 0.6) is 0 Å². The minimum atomic E-state index is -5.03. The van der Waals surface area contributed by atoms with E-state index in [9.17, 15) is 21.6 Å². The van der Waals surface area contributed by atoms with Crippen molar-refractivity contribution in [3.05, 3.63) is 11.6 Å². The fourth-order valence-electron chi connectivity index (χ4n) is 0.845. The highest BCUT2D eigenvalue weighted by Crippen LogP contribution is 2.44. The van der Waals surface area contributed by atoms with Gasteiger partial charge in [-0.25, -0.2) is 0 Å². The maximum atomic E-state index is 12.5. The molecule has 0 aliphatic heterocycles. The molecule has 0 N–H and O–H groups in total. The van der Waals surface area contributed by atoms with Crippen molar-refractivity contribution in [3.8, 4) is 0 Å². The van der Waals surface area contributed by atoms with E-state index in [1.807, 2.05) is 0 Å². The normalized spacial score (nSPS) is 15.5. The Morgan fingerprint density at radius 2 is 1.71 bits per heavy atom. The fourth-order valence-corrected chi connectivity index (χ4v) is 1.74. The van der Waals surface area contributed by atoms with Crippen LogP contribution in [0.15, 0.2) is 11.6 Å². The first-order valence-corrected chi connectivity index (χ1v) is 6.82. The van der Waals surface area contributed by atoms with Gasteiger partial charge >= 0.3 is 6.18 Å². The van der Waals surface area contributed by atoms with Crippen molar-refractivity contribution in [2.45, 2.75) is 30.5 Å². The molecule has 9 heteroatoms. The zero-order valence-electron chi connectivity index (χ0n) is 9.18. The van der Waals surface area contributed by atoms with Crippen LogP contribution >= 0.6 is 23.2 Å². The lowest BCUT2D eigenvalue weighted by molar-refractivity contribution is -0.153. The van der Waals surface area contributed by atoms with Gasteiger partial charge in [0.1, 0.15) is 6.10 Å². The van der Waals surface area contributed by atoms with Gasteiger partial charge in [0.2, 0.25) is 4.33 Å². The average molecular weight is 315 g/mol. The maximum absolute atomic E-state index is 12.5. The van der Waals surface area contributed by atoms with E-state index < -0.39 is 26.7 Å². The Kier molecular flexibility index (Phi) is 5.34. The Hall–Kier alpha value is 0.0200. The molecule has 0 saturated heterocycles. The predicted molar refractivity (Wildman–Crippen MR) is 59.6 cm³/mol. The van der Waals surface area contributed by atoms with Crippen molar-refractivity contribution in [1.29, 1.82) is 0 Å². The van der Waals surface area contributed by atoms with E-state index in [1.165, 1.54) is 13.8 Å². The molecule has 1 unspecified atom stereocenters. The quantitative estimate of drug-likeness (QED) is 0.455.